The molecular formula is C16H19N5O2S. The molecule has 1 aromatic carbocycles. The minimum Gasteiger partial charge on any atom is -0.306 e. The maximum Gasteiger partial charge on any atom is 0.267 e. The van der Waals surface area contributed by atoms with Crippen molar-refractivity contribution >= 4 is 27.0 Å². The van der Waals surface area contributed by atoms with Gasteiger partial charge in [0, 0.05) is 19.3 Å². The van der Waals surface area contributed by atoms with Gasteiger partial charge >= 0.3 is 0 Å². The quantitative estimate of drug-likeness (QED) is 0.788. The molecule has 0 aliphatic heterocycles. The number of benzene rings is 1. The molecule has 0 spiro atoms. The van der Waals surface area contributed by atoms with Crippen LogP contribution in [0.25, 0.3) is 11.0 Å². The van der Waals surface area contributed by atoms with Gasteiger partial charge in [0.25, 0.3) is 10.0 Å². The molecule has 1 N–H and O–H groups in total. The summed E-state index contributed by atoms with van der Waals surface area (Å²) in [6.45, 7) is 0. The van der Waals surface area contributed by atoms with E-state index in [1.807, 2.05) is 28.8 Å². The fraction of sp³-hybridized carbons (Fsp3) is 0.375. The average molecular weight is 345 g/mol. The zero-order valence-electron chi connectivity index (χ0n) is 13.4. The summed E-state index contributed by atoms with van der Waals surface area (Å²) in [5.41, 5.74) is 1.77. The summed E-state index contributed by atoms with van der Waals surface area (Å²) >= 11 is 0. The van der Waals surface area contributed by atoms with E-state index in [2.05, 4.69) is 14.8 Å². The Kier molecular flexibility index (Phi) is 3.56. The molecule has 0 bridgehead atoms. The molecule has 0 unspecified atom stereocenters. The molecule has 1 saturated carbocycles. The van der Waals surface area contributed by atoms with Gasteiger partial charge in [-0.2, -0.15) is 5.10 Å². The maximum absolute atomic E-state index is 12.6. The van der Waals surface area contributed by atoms with Crippen LogP contribution in [0.1, 0.15) is 31.7 Å². The van der Waals surface area contributed by atoms with Crippen molar-refractivity contribution in [2.45, 2.75) is 36.6 Å². The SMILES string of the molecule is Cn1cc(S(=O)(=O)Nc2nc3ccccc3n2C2CCCC2)cn1. The number of imidazole rings is 1. The van der Waals surface area contributed by atoms with E-state index in [-0.39, 0.29) is 10.9 Å². The molecule has 2 aromatic heterocycles. The number of fused-ring (bicyclic) bond motifs is 1. The van der Waals surface area contributed by atoms with Crippen LogP contribution in [0, 0.1) is 0 Å². The first-order valence-electron chi connectivity index (χ1n) is 8.03. The van der Waals surface area contributed by atoms with Gasteiger partial charge < -0.3 is 4.57 Å². The number of sulfonamides is 1. The van der Waals surface area contributed by atoms with Crippen molar-refractivity contribution in [2.24, 2.45) is 7.05 Å². The van der Waals surface area contributed by atoms with E-state index >= 15 is 0 Å². The second kappa shape index (κ2) is 5.62. The lowest BCUT2D eigenvalue weighted by Crippen LogP contribution is -2.18. The Morgan fingerprint density at radius 1 is 1.21 bits per heavy atom. The molecule has 1 fully saturated rings. The van der Waals surface area contributed by atoms with Crippen molar-refractivity contribution in [3.63, 3.8) is 0 Å². The molecule has 8 heteroatoms. The minimum atomic E-state index is -3.71. The molecular weight excluding hydrogens is 326 g/mol. The Bertz CT molecular complexity index is 983. The van der Waals surface area contributed by atoms with E-state index < -0.39 is 10.0 Å². The van der Waals surface area contributed by atoms with Crippen LogP contribution in [0.5, 0.6) is 0 Å². The second-order valence-corrected chi connectivity index (χ2v) is 7.87. The Morgan fingerprint density at radius 3 is 2.67 bits per heavy atom. The number of aromatic nitrogens is 4. The highest BCUT2D eigenvalue weighted by molar-refractivity contribution is 7.92. The first-order chi connectivity index (χ1) is 11.5. The third-order valence-electron chi connectivity index (χ3n) is 4.50. The van der Waals surface area contributed by atoms with Gasteiger partial charge in [0.05, 0.1) is 17.2 Å². The van der Waals surface area contributed by atoms with Crippen molar-refractivity contribution in [3.05, 3.63) is 36.7 Å². The minimum absolute atomic E-state index is 0.134. The van der Waals surface area contributed by atoms with Gasteiger partial charge in [-0.1, -0.05) is 25.0 Å². The zero-order valence-corrected chi connectivity index (χ0v) is 14.2. The van der Waals surface area contributed by atoms with E-state index in [9.17, 15) is 8.42 Å². The molecule has 0 amide bonds. The fourth-order valence-electron chi connectivity index (χ4n) is 3.37. The number of nitrogens with zero attached hydrogens (tertiary/aromatic N) is 4. The third kappa shape index (κ3) is 2.56. The van der Waals surface area contributed by atoms with Crippen molar-refractivity contribution < 1.29 is 8.42 Å². The summed E-state index contributed by atoms with van der Waals surface area (Å²) in [5, 5.41) is 3.94. The zero-order chi connectivity index (χ0) is 16.7. The van der Waals surface area contributed by atoms with Crippen molar-refractivity contribution in [1.82, 2.24) is 19.3 Å². The Labute approximate surface area is 140 Å². The van der Waals surface area contributed by atoms with Crippen LogP contribution >= 0.6 is 0 Å². The number of aryl methyl sites for hydroxylation is 1. The van der Waals surface area contributed by atoms with Gasteiger partial charge in [-0.05, 0) is 25.0 Å². The van der Waals surface area contributed by atoms with E-state index in [0.717, 1.165) is 36.7 Å². The maximum atomic E-state index is 12.6. The van der Waals surface area contributed by atoms with E-state index in [1.54, 1.807) is 7.05 Å². The predicted octanol–water partition coefficient (Wildman–Crippen LogP) is 2.69. The summed E-state index contributed by atoms with van der Waals surface area (Å²) in [6.07, 6.45) is 7.22. The highest BCUT2D eigenvalue weighted by atomic mass is 32.2. The van der Waals surface area contributed by atoms with Gasteiger partial charge in [-0.15, -0.1) is 0 Å². The first kappa shape index (κ1) is 15.2. The fourth-order valence-corrected chi connectivity index (χ4v) is 4.34. The van der Waals surface area contributed by atoms with Crippen molar-refractivity contribution in [3.8, 4) is 0 Å². The van der Waals surface area contributed by atoms with E-state index in [1.165, 1.54) is 17.1 Å². The number of rotatable bonds is 4. The number of hydrogen-bond donors (Lipinski definition) is 1. The smallest absolute Gasteiger partial charge is 0.267 e. The second-order valence-electron chi connectivity index (χ2n) is 6.19. The Hall–Kier alpha value is -2.35. The van der Waals surface area contributed by atoms with Gasteiger partial charge in [0.1, 0.15) is 4.90 Å². The van der Waals surface area contributed by atoms with E-state index in [0.29, 0.717) is 5.95 Å². The molecule has 0 saturated heterocycles. The summed E-state index contributed by atoms with van der Waals surface area (Å²) in [5.74, 6) is 0.381. The van der Waals surface area contributed by atoms with Gasteiger partial charge in [-0.25, -0.2) is 18.1 Å². The van der Waals surface area contributed by atoms with Crippen LogP contribution in [0.15, 0.2) is 41.6 Å². The van der Waals surface area contributed by atoms with Gasteiger partial charge in [-0.3, -0.25) is 4.68 Å². The number of nitrogens with one attached hydrogen (secondary N) is 1. The lowest BCUT2D eigenvalue weighted by molar-refractivity contribution is 0.538. The summed E-state index contributed by atoms with van der Waals surface area (Å²) in [6, 6.07) is 8.04. The van der Waals surface area contributed by atoms with Gasteiger partial charge in [0.15, 0.2) is 0 Å². The van der Waals surface area contributed by atoms with Gasteiger partial charge in [0.2, 0.25) is 5.95 Å². The number of anilines is 1. The lowest BCUT2D eigenvalue weighted by atomic mass is 10.2. The van der Waals surface area contributed by atoms with Crippen LogP contribution in [-0.2, 0) is 17.1 Å². The summed E-state index contributed by atoms with van der Waals surface area (Å²) in [7, 11) is -2.02. The molecule has 4 rings (SSSR count). The summed E-state index contributed by atoms with van der Waals surface area (Å²) in [4.78, 5) is 4.65. The number of hydrogen-bond acceptors (Lipinski definition) is 4. The molecule has 24 heavy (non-hydrogen) atoms. The Balaban J connectivity index is 1.80. The molecule has 1 aliphatic carbocycles. The standard InChI is InChI=1S/C16H19N5O2S/c1-20-11-13(10-17-20)24(22,23)19-16-18-14-8-4-5-9-15(14)21(16)12-6-2-3-7-12/h4-5,8-12H,2-3,6-7H2,1H3,(H,18,19). The first-order valence-corrected chi connectivity index (χ1v) is 9.51. The van der Waals surface area contributed by atoms with Crippen LogP contribution in [0.2, 0.25) is 0 Å². The Morgan fingerprint density at radius 2 is 1.96 bits per heavy atom. The highest BCUT2D eigenvalue weighted by Crippen LogP contribution is 2.35. The topological polar surface area (TPSA) is 81.8 Å². The average Bonchev–Trinajstić information content (AvgIpc) is 3.25. The van der Waals surface area contributed by atoms with Crippen molar-refractivity contribution in [1.29, 1.82) is 0 Å². The van der Waals surface area contributed by atoms with Crippen LogP contribution in [-0.4, -0.2) is 27.7 Å². The molecule has 7 nitrogen and oxygen atoms in total. The molecule has 0 radical (unpaired) electrons. The monoisotopic (exact) mass is 345 g/mol. The third-order valence-corrected chi connectivity index (χ3v) is 5.79. The normalized spacial score (nSPS) is 16.0. The number of para-hydroxylation sites is 2. The van der Waals surface area contributed by atoms with Crippen LogP contribution < -0.4 is 4.72 Å². The van der Waals surface area contributed by atoms with Crippen molar-refractivity contribution in [2.75, 3.05) is 4.72 Å². The highest BCUT2D eigenvalue weighted by Gasteiger charge is 2.26. The predicted molar refractivity (Wildman–Crippen MR) is 91.3 cm³/mol. The largest absolute Gasteiger partial charge is 0.306 e. The molecule has 3 aromatic rings. The lowest BCUT2D eigenvalue weighted by Gasteiger charge is -2.16. The summed E-state index contributed by atoms with van der Waals surface area (Å²) < 4.78 is 31.4. The molecule has 0 atom stereocenters. The van der Waals surface area contributed by atoms with Crippen LogP contribution in [0.4, 0.5) is 5.95 Å². The molecule has 126 valence electrons. The van der Waals surface area contributed by atoms with E-state index in [4.69, 9.17) is 0 Å². The van der Waals surface area contributed by atoms with Crippen LogP contribution in [0.3, 0.4) is 0 Å². The molecule has 1 aliphatic rings. The molecule has 2 heterocycles.